The summed E-state index contributed by atoms with van der Waals surface area (Å²) in [7, 11) is -4.22. The fourth-order valence-corrected chi connectivity index (χ4v) is 4.67. The number of halogens is 2. The molecule has 0 radical (unpaired) electrons. The second kappa shape index (κ2) is 8.34. The van der Waals surface area contributed by atoms with Crippen LogP contribution in [-0.2, 0) is 21.4 Å². The van der Waals surface area contributed by atoms with Gasteiger partial charge >= 0.3 is 0 Å². The average Bonchev–Trinajstić information content (AvgIpc) is 2.63. The molecule has 6 nitrogen and oxygen atoms in total. The fourth-order valence-electron chi connectivity index (χ4n) is 3.14. The maximum Gasteiger partial charge on any atom is 0.249 e. The van der Waals surface area contributed by atoms with Crippen LogP contribution in [0.5, 0.6) is 0 Å². The van der Waals surface area contributed by atoms with Crippen LogP contribution in [0.1, 0.15) is 12.5 Å². The molecule has 1 aliphatic rings. The molecule has 1 N–H and O–H groups in total. The van der Waals surface area contributed by atoms with Crippen LogP contribution in [0.3, 0.4) is 0 Å². The number of hydrogen-bond acceptors (Lipinski definition) is 4. The Morgan fingerprint density at radius 3 is 2.11 bits per heavy atom. The van der Waals surface area contributed by atoms with Crippen molar-refractivity contribution < 1.29 is 22.0 Å². The third-order valence-electron chi connectivity index (χ3n) is 4.53. The first kappa shape index (κ1) is 20.4. The van der Waals surface area contributed by atoms with E-state index in [2.05, 4.69) is 10.2 Å². The van der Waals surface area contributed by atoms with E-state index in [1.165, 1.54) is 6.92 Å². The summed E-state index contributed by atoms with van der Waals surface area (Å²) in [6, 6.07) is 10.4. The van der Waals surface area contributed by atoms with Crippen LogP contribution in [0.4, 0.5) is 14.5 Å². The van der Waals surface area contributed by atoms with Gasteiger partial charge in [0.2, 0.25) is 15.9 Å². The topological polar surface area (TPSA) is 69.7 Å². The smallest absolute Gasteiger partial charge is 0.249 e. The molecule has 0 aliphatic carbocycles. The molecule has 2 aromatic carbocycles. The maximum absolute atomic E-state index is 13.9. The monoisotopic (exact) mass is 409 g/mol. The minimum atomic E-state index is -4.22. The number of nitrogens with one attached hydrogen (secondary N) is 1. The molecule has 0 bridgehead atoms. The maximum atomic E-state index is 13.9. The Hall–Kier alpha value is -2.36. The van der Waals surface area contributed by atoms with Crippen LogP contribution >= 0.6 is 0 Å². The van der Waals surface area contributed by atoms with E-state index < -0.39 is 26.6 Å². The number of rotatable bonds is 5. The summed E-state index contributed by atoms with van der Waals surface area (Å²) in [5.74, 6) is -2.31. The molecule has 0 aromatic heterocycles. The molecule has 1 fully saturated rings. The molecule has 1 saturated heterocycles. The van der Waals surface area contributed by atoms with Gasteiger partial charge in [0.15, 0.2) is 4.90 Å². The van der Waals surface area contributed by atoms with E-state index in [0.29, 0.717) is 25.3 Å². The van der Waals surface area contributed by atoms with Crippen LogP contribution in [-0.4, -0.2) is 49.7 Å². The van der Waals surface area contributed by atoms with Gasteiger partial charge in [0.05, 0.1) is 0 Å². The normalized spacial score (nSPS) is 16.1. The van der Waals surface area contributed by atoms with Crippen molar-refractivity contribution in [1.29, 1.82) is 0 Å². The molecule has 28 heavy (non-hydrogen) atoms. The third-order valence-corrected chi connectivity index (χ3v) is 6.48. The Bertz CT molecular complexity index is 937. The van der Waals surface area contributed by atoms with Crippen LogP contribution in [0.2, 0.25) is 0 Å². The zero-order valence-electron chi connectivity index (χ0n) is 15.4. The van der Waals surface area contributed by atoms with Gasteiger partial charge in [-0.2, -0.15) is 4.31 Å². The number of hydrogen-bond donors (Lipinski definition) is 1. The zero-order chi connectivity index (χ0) is 20.3. The van der Waals surface area contributed by atoms with Crippen molar-refractivity contribution in [2.45, 2.75) is 18.4 Å². The summed E-state index contributed by atoms with van der Waals surface area (Å²) in [6.45, 7) is 3.25. The number of sulfonamides is 1. The zero-order valence-corrected chi connectivity index (χ0v) is 16.2. The first-order chi connectivity index (χ1) is 13.3. The van der Waals surface area contributed by atoms with E-state index in [4.69, 9.17) is 0 Å². The number of carbonyl (C=O) groups excluding carboxylic acids is 1. The standard InChI is InChI=1S/C19H21F2N3O3S/c1-14(25)22-16-7-5-15(6-8-16)13-23-9-11-24(12-10-23)28(26,27)19-17(20)3-2-4-18(19)21/h2-8H,9-13H2,1H3,(H,22,25). The molecule has 1 aliphatic heterocycles. The summed E-state index contributed by atoms with van der Waals surface area (Å²) < 4.78 is 54.1. The number of nitrogens with zero attached hydrogens (tertiary/aromatic N) is 2. The molecule has 3 rings (SSSR count). The lowest BCUT2D eigenvalue weighted by atomic mass is 10.2. The van der Waals surface area contributed by atoms with Gasteiger partial charge < -0.3 is 5.32 Å². The summed E-state index contributed by atoms with van der Waals surface area (Å²) in [5.41, 5.74) is 1.73. The van der Waals surface area contributed by atoms with E-state index in [1.54, 1.807) is 12.1 Å². The van der Waals surface area contributed by atoms with Gasteiger partial charge in [0, 0.05) is 45.3 Å². The highest BCUT2D eigenvalue weighted by Gasteiger charge is 2.33. The van der Waals surface area contributed by atoms with E-state index in [1.807, 2.05) is 12.1 Å². The molecule has 0 saturated carbocycles. The fraction of sp³-hybridized carbons (Fsp3) is 0.316. The largest absolute Gasteiger partial charge is 0.326 e. The Morgan fingerprint density at radius 2 is 1.57 bits per heavy atom. The third kappa shape index (κ3) is 4.54. The molecule has 0 unspecified atom stereocenters. The molecule has 0 spiro atoms. The van der Waals surface area contributed by atoms with Crippen molar-refractivity contribution >= 4 is 21.6 Å². The predicted octanol–water partition coefficient (Wildman–Crippen LogP) is 2.43. The Balaban J connectivity index is 1.62. The molecule has 1 heterocycles. The lowest BCUT2D eigenvalue weighted by molar-refractivity contribution is -0.114. The summed E-state index contributed by atoms with van der Waals surface area (Å²) in [4.78, 5) is 12.2. The van der Waals surface area contributed by atoms with Crippen LogP contribution < -0.4 is 5.32 Å². The number of anilines is 1. The molecule has 1 amide bonds. The van der Waals surface area contributed by atoms with Crippen molar-refractivity contribution in [3.05, 3.63) is 59.7 Å². The minimum Gasteiger partial charge on any atom is -0.326 e. The van der Waals surface area contributed by atoms with Crippen molar-refractivity contribution in [2.24, 2.45) is 0 Å². The summed E-state index contributed by atoms with van der Waals surface area (Å²) in [6.07, 6.45) is 0. The highest BCUT2D eigenvalue weighted by molar-refractivity contribution is 7.89. The number of piperazine rings is 1. The number of benzene rings is 2. The van der Waals surface area contributed by atoms with Gasteiger partial charge in [-0.05, 0) is 29.8 Å². The SMILES string of the molecule is CC(=O)Nc1ccc(CN2CCN(S(=O)(=O)c3c(F)cccc3F)CC2)cc1. The summed E-state index contributed by atoms with van der Waals surface area (Å²) >= 11 is 0. The van der Waals surface area contributed by atoms with Gasteiger partial charge in [-0.1, -0.05) is 18.2 Å². The first-order valence-corrected chi connectivity index (χ1v) is 10.2. The molecule has 150 valence electrons. The van der Waals surface area contributed by atoms with E-state index in [9.17, 15) is 22.0 Å². The van der Waals surface area contributed by atoms with E-state index >= 15 is 0 Å². The van der Waals surface area contributed by atoms with E-state index in [0.717, 1.165) is 28.1 Å². The van der Waals surface area contributed by atoms with Crippen molar-refractivity contribution in [2.75, 3.05) is 31.5 Å². The van der Waals surface area contributed by atoms with Gasteiger partial charge in [-0.15, -0.1) is 0 Å². The lowest BCUT2D eigenvalue weighted by Gasteiger charge is -2.34. The van der Waals surface area contributed by atoms with Crippen molar-refractivity contribution in [3.63, 3.8) is 0 Å². The Labute approximate surface area is 162 Å². The molecular weight excluding hydrogens is 388 g/mol. The van der Waals surface area contributed by atoms with Crippen LogP contribution in [0.15, 0.2) is 47.4 Å². The lowest BCUT2D eigenvalue weighted by Crippen LogP contribution is -2.48. The van der Waals surface area contributed by atoms with Gasteiger partial charge in [0.1, 0.15) is 11.6 Å². The van der Waals surface area contributed by atoms with Crippen molar-refractivity contribution in [1.82, 2.24) is 9.21 Å². The number of carbonyl (C=O) groups is 1. The van der Waals surface area contributed by atoms with E-state index in [-0.39, 0.29) is 19.0 Å². The van der Waals surface area contributed by atoms with Gasteiger partial charge in [-0.25, -0.2) is 17.2 Å². The molecule has 0 atom stereocenters. The molecular formula is C19H21F2N3O3S. The molecule has 2 aromatic rings. The highest BCUT2D eigenvalue weighted by atomic mass is 32.2. The minimum absolute atomic E-state index is 0.142. The Morgan fingerprint density at radius 1 is 1.00 bits per heavy atom. The van der Waals surface area contributed by atoms with Gasteiger partial charge in [-0.3, -0.25) is 9.69 Å². The predicted molar refractivity (Wildman–Crippen MR) is 101 cm³/mol. The second-order valence-corrected chi connectivity index (χ2v) is 8.48. The van der Waals surface area contributed by atoms with Crippen LogP contribution in [0, 0.1) is 11.6 Å². The van der Waals surface area contributed by atoms with Crippen LogP contribution in [0.25, 0.3) is 0 Å². The highest BCUT2D eigenvalue weighted by Crippen LogP contribution is 2.24. The summed E-state index contributed by atoms with van der Waals surface area (Å²) in [5, 5.41) is 2.70. The molecule has 9 heteroatoms. The quantitative estimate of drug-likeness (QED) is 0.824. The number of amides is 1. The average molecular weight is 409 g/mol. The second-order valence-electron chi connectivity index (χ2n) is 6.61. The van der Waals surface area contributed by atoms with Crippen molar-refractivity contribution in [3.8, 4) is 0 Å². The Kier molecular flexibility index (Phi) is 6.07. The first-order valence-electron chi connectivity index (χ1n) is 8.80. The van der Waals surface area contributed by atoms with Gasteiger partial charge in [0.25, 0.3) is 0 Å².